The third-order valence-corrected chi connectivity index (χ3v) is 9.70. The second-order valence-electron chi connectivity index (χ2n) is 7.43. The number of amides is 1. The topological polar surface area (TPSA) is 66.5 Å². The smallest absolute Gasteiger partial charge is 0.252 e. The molecule has 1 N–H and O–H groups in total. The van der Waals surface area contributed by atoms with E-state index in [0.717, 1.165) is 29.5 Å². The Morgan fingerprint density at radius 1 is 1.19 bits per heavy atom. The van der Waals surface area contributed by atoms with Gasteiger partial charge in [-0.25, -0.2) is 8.42 Å². The molecule has 1 aliphatic heterocycles. The van der Waals surface area contributed by atoms with Crippen LogP contribution in [0.4, 0.5) is 0 Å². The molecule has 1 atom stereocenters. The molecule has 1 saturated carbocycles. The quantitative estimate of drug-likeness (QED) is 0.718. The largest absolute Gasteiger partial charge is 0.353 e. The van der Waals surface area contributed by atoms with Crippen LogP contribution in [0.5, 0.6) is 0 Å². The molecule has 2 heterocycles. The zero-order chi connectivity index (χ0) is 18.7. The van der Waals surface area contributed by atoms with E-state index in [1.54, 1.807) is 16.4 Å². The molecule has 1 amide bonds. The summed E-state index contributed by atoms with van der Waals surface area (Å²) in [5, 5.41) is 3.21. The Labute approximate surface area is 168 Å². The van der Waals surface area contributed by atoms with Crippen molar-refractivity contribution in [2.24, 2.45) is 11.8 Å². The molecule has 0 aromatic carbocycles. The first kappa shape index (κ1) is 20.3. The van der Waals surface area contributed by atoms with Crippen molar-refractivity contribution in [2.75, 3.05) is 13.1 Å². The molecule has 1 aromatic rings. The summed E-state index contributed by atoms with van der Waals surface area (Å²) < 4.78 is 28.2. The van der Waals surface area contributed by atoms with Crippen molar-refractivity contribution < 1.29 is 13.2 Å². The van der Waals surface area contributed by atoms with E-state index in [4.69, 9.17) is 0 Å². The fourth-order valence-electron chi connectivity index (χ4n) is 3.97. The first-order valence-electron chi connectivity index (χ1n) is 9.44. The van der Waals surface area contributed by atoms with Gasteiger partial charge in [-0.2, -0.15) is 4.31 Å². The number of piperidine rings is 1. The summed E-state index contributed by atoms with van der Waals surface area (Å²) in [5.74, 6) is 0.332. The predicted octanol–water partition coefficient (Wildman–Crippen LogP) is 4.00. The van der Waals surface area contributed by atoms with Crippen LogP contribution in [-0.2, 0) is 14.8 Å². The lowest BCUT2D eigenvalue weighted by molar-refractivity contribution is -0.127. The number of thiophene rings is 1. The van der Waals surface area contributed by atoms with Crippen LogP contribution >= 0.6 is 27.3 Å². The Morgan fingerprint density at radius 3 is 2.42 bits per heavy atom. The van der Waals surface area contributed by atoms with Gasteiger partial charge in [0.15, 0.2) is 0 Å². The summed E-state index contributed by atoms with van der Waals surface area (Å²) >= 11 is 4.57. The molecule has 1 saturated heterocycles. The number of hydrogen-bond donors (Lipinski definition) is 1. The Morgan fingerprint density at radius 2 is 1.85 bits per heavy atom. The maximum Gasteiger partial charge on any atom is 0.252 e. The van der Waals surface area contributed by atoms with E-state index >= 15 is 0 Å². The number of nitrogens with zero attached hydrogens (tertiary/aromatic N) is 1. The zero-order valence-corrected chi connectivity index (χ0v) is 18.3. The minimum absolute atomic E-state index is 0.0577. The standard InChI is InChI=1S/C18H27BrN2O3S2/c1-13(18(22)20-15-5-3-2-4-6-15)14-9-11-21(12-10-14)26(23,24)17-8-7-16(19)25-17/h7-8,13-15H,2-6,9-12H2,1H3,(H,20,22)/t13-/m0/s1. The highest BCUT2D eigenvalue weighted by atomic mass is 79.9. The molecular formula is C18H27BrN2O3S2. The van der Waals surface area contributed by atoms with E-state index < -0.39 is 10.0 Å². The maximum absolute atomic E-state index is 12.7. The van der Waals surface area contributed by atoms with Crippen LogP contribution in [0.2, 0.25) is 0 Å². The van der Waals surface area contributed by atoms with Gasteiger partial charge in [0, 0.05) is 25.0 Å². The highest BCUT2D eigenvalue weighted by molar-refractivity contribution is 9.11. The lowest BCUT2D eigenvalue weighted by atomic mass is 9.85. The average molecular weight is 463 g/mol. The molecule has 146 valence electrons. The molecule has 2 aliphatic rings. The Balaban J connectivity index is 1.53. The van der Waals surface area contributed by atoms with Crippen LogP contribution in [-0.4, -0.2) is 37.8 Å². The van der Waals surface area contributed by atoms with Gasteiger partial charge in [0.1, 0.15) is 4.21 Å². The summed E-state index contributed by atoms with van der Waals surface area (Å²) in [4.78, 5) is 12.6. The lowest BCUT2D eigenvalue weighted by Gasteiger charge is -2.34. The number of carbonyl (C=O) groups is 1. The molecule has 0 radical (unpaired) electrons. The van der Waals surface area contributed by atoms with Gasteiger partial charge >= 0.3 is 0 Å². The third-order valence-electron chi connectivity index (χ3n) is 5.71. The number of carbonyl (C=O) groups excluding carboxylic acids is 1. The Bertz CT molecular complexity index is 721. The predicted molar refractivity (Wildman–Crippen MR) is 108 cm³/mol. The van der Waals surface area contributed by atoms with E-state index in [1.165, 1.54) is 30.6 Å². The van der Waals surface area contributed by atoms with Crippen molar-refractivity contribution in [3.63, 3.8) is 0 Å². The summed E-state index contributed by atoms with van der Waals surface area (Å²) in [6.45, 7) is 2.97. The molecule has 1 aliphatic carbocycles. The molecule has 3 rings (SSSR count). The molecule has 0 unspecified atom stereocenters. The molecule has 2 fully saturated rings. The minimum Gasteiger partial charge on any atom is -0.353 e. The zero-order valence-electron chi connectivity index (χ0n) is 15.1. The van der Waals surface area contributed by atoms with Crippen LogP contribution in [0.15, 0.2) is 20.1 Å². The summed E-state index contributed by atoms with van der Waals surface area (Å²) in [7, 11) is -3.41. The number of rotatable bonds is 5. The fourth-order valence-corrected chi connectivity index (χ4v) is 7.61. The maximum atomic E-state index is 12.7. The van der Waals surface area contributed by atoms with Crippen LogP contribution < -0.4 is 5.32 Å². The van der Waals surface area contributed by atoms with Gasteiger partial charge in [-0.3, -0.25) is 4.79 Å². The van der Waals surface area contributed by atoms with Gasteiger partial charge in [0.2, 0.25) is 5.91 Å². The van der Waals surface area contributed by atoms with E-state index in [2.05, 4.69) is 21.2 Å². The summed E-state index contributed by atoms with van der Waals surface area (Å²) in [6.07, 6.45) is 7.34. The first-order valence-corrected chi connectivity index (χ1v) is 12.5. The third kappa shape index (κ3) is 4.69. The van der Waals surface area contributed by atoms with E-state index in [0.29, 0.717) is 23.3 Å². The van der Waals surface area contributed by atoms with Crippen molar-refractivity contribution in [3.8, 4) is 0 Å². The molecule has 26 heavy (non-hydrogen) atoms. The minimum atomic E-state index is -3.41. The Kier molecular flexibility index (Phi) is 6.80. The second kappa shape index (κ2) is 8.71. The summed E-state index contributed by atoms with van der Waals surface area (Å²) in [6, 6.07) is 3.75. The molecule has 5 nitrogen and oxygen atoms in total. The molecule has 0 spiro atoms. The first-order chi connectivity index (χ1) is 12.4. The van der Waals surface area contributed by atoms with Crippen molar-refractivity contribution >= 4 is 43.2 Å². The van der Waals surface area contributed by atoms with E-state index in [9.17, 15) is 13.2 Å². The van der Waals surface area contributed by atoms with Crippen molar-refractivity contribution in [3.05, 3.63) is 15.9 Å². The van der Waals surface area contributed by atoms with Gasteiger partial charge in [0.05, 0.1) is 3.79 Å². The lowest BCUT2D eigenvalue weighted by Crippen LogP contribution is -2.45. The van der Waals surface area contributed by atoms with E-state index in [-0.39, 0.29) is 17.7 Å². The van der Waals surface area contributed by atoms with Crippen molar-refractivity contribution in [2.45, 2.75) is 62.1 Å². The van der Waals surface area contributed by atoms with Crippen LogP contribution in [0.3, 0.4) is 0 Å². The molecule has 1 aromatic heterocycles. The monoisotopic (exact) mass is 462 g/mol. The Hall–Kier alpha value is -0.440. The van der Waals surface area contributed by atoms with E-state index in [1.807, 2.05) is 6.92 Å². The highest BCUT2D eigenvalue weighted by Crippen LogP contribution is 2.32. The van der Waals surface area contributed by atoms with Gasteiger partial charge in [-0.1, -0.05) is 26.2 Å². The van der Waals surface area contributed by atoms with Gasteiger partial charge in [-0.15, -0.1) is 11.3 Å². The second-order valence-corrected chi connectivity index (χ2v) is 12.1. The van der Waals surface area contributed by atoms with Crippen LogP contribution in [0.1, 0.15) is 51.9 Å². The SMILES string of the molecule is C[C@H](C(=O)NC1CCCCC1)C1CCN(S(=O)(=O)c2ccc(Br)s2)CC1. The number of sulfonamides is 1. The van der Waals surface area contributed by atoms with Gasteiger partial charge in [0.25, 0.3) is 10.0 Å². The number of nitrogens with one attached hydrogen (secondary N) is 1. The molecule has 0 bridgehead atoms. The van der Waals surface area contributed by atoms with Gasteiger partial charge in [-0.05, 0) is 59.7 Å². The van der Waals surface area contributed by atoms with Gasteiger partial charge < -0.3 is 5.32 Å². The van der Waals surface area contributed by atoms with Crippen molar-refractivity contribution in [1.29, 1.82) is 0 Å². The number of halogens is 1. The normalized spacial score (nSPS) is 22.2. The average Bonchev–Trinajstić information content (AvgIpc) is 3.09. The van der Waals surface area contributed by atoms with Crippen LogP contribution in [0, 0.1) is 11.8 Å². The van der Waals surface area contributed by atoms with Crippen molar-refractivity contribution in [1.82, 2.24) is 9.62 Å². The highest BCUT2D eigenvalue weighted by Gasteiger charge is 2.34. The van der Waals surface area contributed by atoms with Crippen LogP contribution in [0.25, 0.3) is 0 Å². The summed E-state index contributed by atoms with van der Waals surface area (Å²) in [5.41, 5.74) is 0. The fraction of sp³-hybridized carbons (Fsp3) is 0.722. The number of hydrogen-bond acceptors (Lipinski definition) is 4. The molecular weight excluding hydrogens is 436 g/mol. The molecule has 8 heteroatoms.